The Morgan fingerprint density at radius 1 is 1.69 bits per heavy atom. The van der Waals surface area contributed by atoms with Crippen molar-refractivity contribution in [2.75, 3.05) is 18.5 Å². The van der Waals surface area contributed by atoms with Crippen molar-refractivity contribution in [2.45, 2.75) is 6.42 Å². The van der Waals surface area contributed by atoms with Crippen molar-refractivity contribution >= 4 is 11.6 Å². The van der Waals surface area contributed by atoms with E-state index in [2.05, 4.69) is 4.98 Å². The van der Waals surface area contributed by atoms with Crippen LogP contribution in [0, 0.1) is 0 Å². The third kappa shape index (κ3) is 2.52. The van der Waals surface area contributed by atoms with Gasteiger partial charge in [-0.2, -0.15) is 0 Å². The van der Waals surface area contributed by atoms with Crippen molar-refractivity contribution in [3.63, 3.8) is 0 Å². The van der Waals surface area contributed by atoms with Crippen molar-refractivity contribution in [3.05, 3.63) is 24.5 Å². The van der Waals surface area contributed by atoms with E-state index in [1.54, 1.807) is 30.4 Å². The number of amides is 1. The molecule has 13 heavy (non-hydrogen) atoms. The normalized spacial score (nSPS) is 9.69. The maximum atomic E-state index is 11.4. The molecule has 1 amide bonds. The minimum Gasteiger partial charge on any atom is -0.330 e. The smallest absolute Gasteiger partial charge is 0.228 e. The lowest BCUT2D eigenvalue weighted by molar-refractivity contribution is -0.118. The van der Waals surface area contributed by atoms with Gasteiger partial charge in [-0.25, -0.2) is 0 Å². The highest BCUT2D eigenvalue weighted by molar-refractivity contribution is 5.92. The van der Waals surface area contributed by atoms with Crippen molar-refractivity contribution in [2.24, 2.45) is 5.73 Å². The van der Waals surface area contributed by atoms with Gasteiger partial charge in [-0.15, -0.1) is 0 Å². The van der Waals surface area contributed by atoms with Crippen LogP contribution >= 0.6 is 0 Å². The number of rotatable bonds is 3. The third-order valence-electron chi connectivity index (χ3n) is 1.77. The van der Waals surface area contributed by atoms with Gasteiger partial charge < -0.3 is 10.6 Å². The summed E-state index contributed by atoms with van der Waals surface area (Å²) >= 11 is 0. The van der Waals surface area contributed by atoms with Crippen molar-refractivity contribution in [3.8, 4) is 0 Å². The fourth-order valence-electron chi connectivity index (χ4n) is 0.987. The molecular formula is C9H13N3O. The summed E-state index contributed by atoms with van der Waals surface area (Å²) in [5.74, 6) is 0.00972. The Bertz CT molecular complexity index is 273. The number of carbonyl (C=O) groups excluding carboxylic acids is 1. The first-order chi connectivity index (χ1) is 6.25. The number of anilines is 1. The van der Waals surface area contributed by atoms with Crippen LogP contribution in [0.5, 0.6) is 0 Å². The van der Waals surface area contributed by atoms with E-state index in [-0.39, 0.29) is 5.91 Å². The lowest BCUT2D eigenvalue weighted by Crippen LogP contribution is -2.28. The van der Waals surface area contributed by atoms with Gasteiger partial charge in [0.1, 0.15) is 0 Å². The summed E-state index contributed by atoms with van der Waals surface area (Å²) in [7, 11) is 1.72. The summed E-state index contributed by atoms with van der Waals surface area (Å²) in [4.78, 5) is 16.8. The lowest BCUT2D eigenvalue weighted by Gasteiger charge is -2.15. The van der Waals surface area contributed by atoms with Crippen molar-refractivity contribution in [1.29, 1.82) is 0 Å². The molecule has 1 rings (SSSR count). The number of nitrogens with zero attached hydrogens (tertiary/aromatic N) is 2. The molecule has 0 fully saturated rings. The first-order valence-electron chi connectivity index (χ1n) is 4.12. The SMILES string of the molecule is CN(C(=O)CCN)c1cccnc1. The van der Waals surface area contributed by atoms with Crippen molar-refractivity contribution < 1.29 is 4.79 Å². The van der Waals surface area contributed by atoms with Crippen LogP contribution in [0.2, 0.25) is 0 Å². The number of hydrogen-bond acceptors (Lipinski definition) is 3. The van der Waals surface area contributed by atoms with Gasteiger partial charge in [-0.3, -0.25) is 9.78 Å². The van der Waals surface area contributed by atoms with Gasteiger partial charge in [0, 0.05) is 26.2 Å². The minimum absolute atomic E-state index is 0.00972. The van der Waals surface area contributed by atoms with Gasteiger partial charge in [0.25, 0.3) is 0 Å². The zero-order valence-corrected chi connectivity index (χ0v) is 7.60. The predicted molar refractivity (Wildman–Crippen MR) is 51.3 cm³/mol. The highest BCUT2D eigenvalue weighted by Gasteiger charge is 2.08. The van der Waals surface area contributed by atoms with Gasteiger partial charge in [-0.05, 0) is 12.1 Å². The van der Waals surface area contributed by atoms with E-state index in [9.17, 15) is 4.79 Å². The van der Waals surface area contributed by atoms with Crippen LogP contribution < -0.4 is 10.6 Å². The van der Waals surface area contributed by atoms with Gasteiger partial charge in [0.15, 0.2) is 0 Å². The standard InChI is InChI=1S/C9H13N3O/c1-12(9(13)4-5-10)8-3-2-6-11-7-8/h2-3,6-7H,4-5,10H2,1H3. The summed E-state index contributed by atoms with van der Waals surface area (Å²) < 4.78 is 0. The van der Waals surface area contributed by atoms with Crippen molar-refractivity contribution in [1.82, 2.24) is 4.98 Å². The highest BCUT2D eigenvalue weighted by atomic mass is 16.2. The highest BCUT2D eigenvalue weighted by Crippen LogP contribution is 2.09. The molecule has 0 aliphatic heterocycles. The van der Waals surface area contributed by atoms with Crippen LogP contribution in [0.15, 0.2) is 24.5 Å². The molecule has 0 bridgehead atoms. The van der Waals surface area contributed by atoms with Gasteiger partial charge in [-0.1, -0.05) is 0 Å². The fraction of sp³-hybridized carbons (Fsp3) is 0.333. The average molecular weight is 179 g/mol. The van der Waals surface area contributed by atoms with E-state index in [0.717, 1.165) is 5.69 Å². The van der Waals surface area contributed by atoms with Gasteiger partial charge in [0.05, 0.1) is 11.9 Å². The minimum atomic E-state index is 0.00972. The molecule has 1 heterocycles. The molecule has 70 valence electrons. The quantitative estimate of drug-likeness (QED) is 0.730. The lowest BCUT2D eigenvalue weighted by atomic mass is 10.3. The molecule has 4 heteroatoms. The molecule has 0 saturated heterocycles. The topological polar surface area (TPSA) is 59.2 Å². The molecule has 2 N–H and O–H groups in total. The summed E-state index contributed by atoms with van der Waals surface area (Å²) in [6, 6.07) is 3.63. The Balaban J connectivity index is 2.68. The molecule has 0 aliphatic carbocycles. The van der Waals surface area contributed by atoms with E-state index < -0.39 is 0 Å². The van der Waals surface area contributed by atoms with Crippen LogP contribution in [-0.4, -0.2) is 24.5 Å². The molecule has 1 aromatic rings. The molecule has 0 atom stereocenters. The molecule has 0 saturated carbocycles. The van der Waals surface area contributed by atoms with E-state index in [0.29, 0.717) is 13.0 Å². The average Bonchev–Trinajstić information content (AvgIpc) is 2.18. The summed E-state index contributed by atoms with van der Waals surface area (Å²) in [6.45, 7) is 0.378. The first kappa shape index (κ1) is 9.67. The van der Waals surface area contributed by atoms with Gasteiger partial charge in [0.2, 0.25) is 5.91 Å². The second kappa shape index (κ2) is 4.57. The summed E-state index contributed by atoms with van der Waals surface area (Å²) in [5.41, 5.74) is 6.07. The number of hydrogen-bond donors (Lipinski definition) is 1. The third-order valence-corrected chi connectivity index (χ3v) is 1.77. The molecule has 1 aromatic heterocycles. The number of carbonyl (C=O) groups is 1. The molecule has 0 radical (unpaired) electrons. The molecule has 0 aromatic carbocycles. The Labute approximate surface area is 77.4 Å². The Morgan fingerprint density at radius 2 is 2.46 bits per heavy atom. The zero-order chi connectivity index (χ0) is 9.68. The van der Waals surface area contributed by atoms with Crippen LogP contribution in [-0.2, 0) is 4.79 Å². The second-order valence-electron chi connectivity index (χ2n) is 2.70. The van der Waals surface area contributed by atoms with Crippen LogP contribution in [0.3, 0.4) is 0 Å². The van der Waals surface area contributed by atoms with Crippen LogP contribution in [0.1, 0.15) is 6.42 Å². The Kier molecular flexibility index (Phi) is 3.40. The van der Waals surface area contributed by atoms with E-state index in [1.165, 1.54) is 0 Å². The van der Waals surface area contributed by atoms with Crippen LogP contribution in [0.25, 0.3) is 0 Å². The first-order valence-corrected chi connectivity index (χ1v) is 4.12. The van der Waals surface area contributed by atoms with E-state index in [1.807, 2.05) is 6.07 Å². The molecule has 4 nitrogen and oxygen atoms in total. The summed E-state index contributed by atoms with van der Waals surface area (Å²) in [6.07, 6.45) is 3.69. The molecule has 0 aliphatic rings. The van der Waals surface area contributed by atoms with Gasteiger partial charge >= 0.3 is 0 Å². The maximum Gasteiger partial charge on any atom is 0.228 e. The maximum absolute atomic E-state index is 11.4. The number of aromatic nitrogens is 1. The molecule has 0 spiro atoms. The largest absolute Gasteiger partial charge is 0.330 e. The molecular weight excluding hydrogens is 166 g/mol. The number of pyridine rings is 1. The number of nitrogens with two attached hydrogens (primary N) is 1. The van der Waals surface area contributed by atoms with E-state index >= 15 is 0 Å². The fourth-order valence-corrected chi connectivity index (χ4v) is 0.987. The van der Waals surface area contributed by atoms with E-state index in [4.69, 9.17) is 5.73 Å². The molecule has 0 unspecified atom stereocenters. The Hall–Kier alpha value is -1.42. The van der Waals surface area contributed by atoms with Crippen LogP contribution in [0.4, 0.5) is 5.69 Å². The monoisotopic (exact) mass is 179 g/mol. The summed E-state index contributed by atoms with van der Waals surface area (Å²) in [5, 5.41) is 0. The second-order valence-corrected chi connectivity index (χ2v) is 2.70. The predicted octanol–water partition coefficient (Wildman–Crippen LogP) is 0.393. The Morgan fingerprint density at radius 3 is 3.00 bits per heavy atom. The zero-order valence-electron chi connectivity index (χ0n) is 7.60.